The maximum Gasteiger partial charge on any atom is 0.320 e. The van der Waals surface area contributed by atoms with Gasteiger partial charge in [0.25, 0.3) is 0 Å². The van der Waals surface area contributed by atoms with Crippen LogP contribution in [0.4, 0.5) is 0 Å². The molecule has 0 saturated heterocycles. The fourth-order valence-electron chi connectivity index (χ4n) is 3.22. The molecule has 1 aliphatic rings. The molecular formula is C13H23N5O2. The third-order valence-corrected chi connectivity index (χ3v) is 4.38. The Bertz CT molecular complexity index is 409. The first-order valence-electron chi connectivity index (χ1n) is 7.33. The van der Waals surface area contributed by atoms with E-state index in [0.717, 1.165) is 25.1 Å². The Labute approximate surface area is 118 Å². The molecule has 0 aliphatic heterocycles. The highest BCUT2D eigenvalue weighted by molar-refractivity contribution is 5.73. The van der Waals surface area contributed by atoms with E-state index >= 15 is 0 Å². The monoisotopic (exact) mass is 281 g/mol. The second kappa shape index (κ2) is 7.33. The van der Waals surface area contributed by atoms with E-state index in [1.165, 1.54) is 19.3 Å². The summed E-state index contributed by atoms with van der Waals surface area (Å²) in [6.45, 7) is 0. The van der Waals surface area contributed by atoms with E-state index in [2.05, 4.69) is 25.9 Å². The Hall–Kier alpha value is -1.50. The van der Waals surface area contributed by atoms with Gasteiger partial charge in [0.1, 0.15) is 6.04 Å². The zero-order valence-electron chi connectivity index (χ0n) is 11.9. The summed E-state index contributed by atoms with van der Waals surface area (Å²) in [6.07, 6.45) is 7.29. The first-order chi connectivity index (χ1) is 9.70. The molecule has 1 aliphatic carbocycles. The first-order valence-corrected chi connectivity index (χ1v) is 7.33. The van der Waals surface area contributed by atoms with Gasteiger partial charge in [0.05, 0.1) is 0 Å². The van der Waals surface area contributed by atoms with E-state index in [4.69, 9.17) is 0 Å². The number of hydrogen-bond acceptors (Lipinski definition) is 5. The highest BCUT2D eigenvalue weighted by atomic mass is 16.4. The highest BCUT2D eigenvalue weighted by Crippen LogP contribution is 2.35. The van der Waals surface area contributed by atoms with Crippen LogP contribution >= 0.6 is 0 Å². The van der Waals surface area contributed by atoms with Crippen LogP contribution in [0.2, 0.25) is 0 Å². The number of likely N-dealkylation sites (N-methyl/N-ethyl adjacent to an activating group) is 1. The lowest BCUT2D eigenvalue weighted by Crippen LogP contribution is -2.37. The molecule has 2 unspecified atom stereocenters. The molecule has 0 radical (unpaired) electrons. The van der Waals surface area contributed by atoms with Crippen LogP contribution < -0.4 is 5.32 Å². The molecule has 112 valence electrons. The summed E-state index contributed by atoms with van der Waals surface area (Å²) in [7, 11) is 1.72. The number of carboxylic acids is 1. The first kappa shape index (κ1) is 14.9. The molecule has 1 saturated carbocycles. The van der Waals surface area contributed by atoms with Crippen LogP contribution in [0, 0.1) is 11.8 Å². The van der Waals surface area contributed by atoms with E-state index in [-0.39, 0.29) is 0 Å². The van der Waals surface area contributed by atoms with Gasteiger partial charge in [-0.3, -0.25) is 4.79 Å². The lowest BCUT2D eigenvalue weighted by Gasteiger charge is -2.33. The smallest absolute Gasteiger partial charge is 0.320 e. The Kier molecular flexibility index (Phi) is 5.46. The molecule has 7 nitrogen and oxygen atoms in total. The van der Waals surface area contributed by atoms with Gasteiger partial charge in [-0.1, -0.05) is 30.9 Å². The zero-order chi connectivity index (χ0) is 14.4. The molecule has 7 heteroatoms. The number of nitrogens with one attached hydrogen (secondary N) is 2. The van der Waals surface area contributed by atoms with Gasteiger partial charge in [0, 0.05) is 6.42 Å². The molecule has 1 aromatic rings. The lowest BCUT2D eigenvalue weighted by molar-refractivity contribution is -0.140. The number of carbonyl (C=O) groups is 1. The van der Waals surface area contributed by atoms with E-state index in [9.17, 15) is 9.90 Å². The molecule has 2 rings (SSSR count). The van der Waals surface area contributed by atoms with Gasteiger partial charge in [-0.25, -0.2) is 0 Å². The maximum atomic E-state index is 11.2. The van der Waals surface area contributed by atoms with Gasteiger partial charge >= 0.3 is 5.97 Å². The average Bonchev–Trinajstić information content (AvgIpc) is 2.96. The fourth-order valence-corrected chi connectivity index (χ4v) is 3.22. The summed E-state index contributed by atoms with van der Waals surface area (Å²) in [4.78, 5) is 11.2. The summed E-state index contributed by atoms with van der Waals surface area (Å²) in [6, 6.07) is -0.439. The van der Waals surface area contributed by atoms with Crippen molar-refractivity contribution in [1.82, 2.24) is 25.9 Å². The lowest BCUT2D eigenvalue weighted by atomic mass is 9.74. The number of hydrogen-bond donors (Lipinski definition) is 3. The number of carboxylic acid groups (broad SMARTS) is 1. The molecule has 1 aromatic heterocycles. The van der Waals surface area contributed by atoms with Crippen LogP contribution in [-0.4, -0.2) is 44.8 Å². The molecular weight excluding hydrogens is 258 g/mol. The van der Waals surface area contributed by atoms with Crippen LogP contribution in [0.25, 0.3) is 0 Å². The maximum absolute atomic E-state index is 11.2. The average molecular weight is 281 g/mol. The largest absolute Gasteiger partial charge is 0.480 e. The van der Waals surface area contributed by atoms with Crippen molar-refractivity contribution in [1.29, 1.82) is 0 Å². The van der Waals surface area contributed by atoms with Crippen molar-refractivity contribution in [2.45, 2.75) is 51.0 Å². The van der Waals surface area contributed by atoms with Crippen LogP contribution in [0.3, 0.4) is 0 Å². The minimum absolute atomic E-state index is 0.439. The Balaban J connectivity index is 1.89. The number of nitrogens with zero attached hydrogens (tertiary/aromatic N) is 3. The molecule has 3 N–H and O–H groups in total. The van der Waals surface area contributed by atoms with Crippen molar-refractivity contribution in [3.05, 3.63) is 5.82 Å². The predicted molar refractivity (Wildman–Crippen MR) is 73.0 cm³/mol. The third-order valence-electron chi connectivity index (χ3n) is 4.38. The number of H-pyrrole nitrogens is 1. The van der Waals surface area contributed by atoms with Crippen LogP contribution in [0.5, 0.6) is 0 Å². The van der Waals surface area contributed by atoms with Crippen molar-refractivity contribution in [2.75, 3.05) is 7.05 Å². The predicted octanol–water partition coefficient (Wildman–Crippen LogP) is 1.00. The van der Waals surface area contributed by atoms with E-state index < -0.39 is 12.0 Å². The summed E-state index contributed by atoms with van der Waals surface area (Å²) in [5.74, 6) is 1.04. The van der Waals surface area contributed by atoms with Gasteiger partial charge < -0.3 is 10.4 Å². The van der Waals surface area contributed by atoms with Crippen molar-refractivity contribution < 1.29 is 9.90 Å². The molecule has 0 amide bonds. The molecule has 0 bridgehead atoms. The van der Waals surface area contributed by atoms with Gasteiger partial charge in [0.15, 0.2) is 5.82 Å². The van der Waals surface area contributed by atoms with Crippen LogP contribution in [0.15, 0.2) is 0 Å². The van der Waals surface area contributed by atoms with E-state index in [1.807, 2.05) is 0 Å². The zero-order valence-corrected chi connectivity index (χ0v) is 11.9. The number of aliphatic carboxylic acids is 1. The van der Waals surface area contributed by atoms with E-state index in [1.54, 1.807) is 7.05 Å². The standard InChI is InChI=1S/C13H23N5O2/c1-14-11(13(19)20)8-10-5-3-2-4-9(10)6-7-12-15-17-18-16-12/h9-11,14H,2-8H2,1H3,(H,19,20)(H,15,16,17,18)/t9?,10?,11-/m1/s1. The van der Waals surface area contributed by atoms with Crippen LogP contribution in [-0.2, 0) is 11.2 Å². The van der Waals surface area contributed by atoms with Crippen molar-refractivity contribution >= 4 is 5.97 Å². The molecule has 1 heterocycles. The Morgan fingerprint density at radius 2 is 2.20 bits per heavy atom. The van der Waals surface area contributed by atoms with Crippen molar-refractivity contribution in [2.24, 2.45) is 11.8 Å². The molecule has 20 heavy (non-hydrogen) atoms. The molecule has 1 fully saturated rings. The molecule has 0 aromatic carbocycles. The topological polar surface area (TPSA) is 104 Å². The van der Waals surface area contributed by atoms with Gasteiger partial charge in [-0.05, 0) is 31.7 Å². The minimum Gasteiger partial charge on any atom is -0.480 e. The summed E-state index contributed by atoms with van der Waals surface area (Å²) >= 11 is 0. The second-order valence-corrected chi connectivity index (χ2v) is 5.59. The summed E-state index contributed by atoms with van der Waals surface area (Å²) in [5.41, 5.74) is 0. The fraction of sp³-hybridized carbons (Fsp3) is 0.846. The number of aryl methyl sites for hydroxylation is 1. The van der Waals surface area contributed by atoms with Gasteiger partial charge in [0.2, 0.25) is 0 Å². The summed E-state index contributed by atoms with van der Waals surface area (Å²) < 4.78 is 0. The normalized spacial score (nSPS) is 24.4. The van der Waals surface area contributed by atoms with Gasteiger partial charge in [-0.2, -0.15) is 5.21 Å². The SMILES string of the molecule is CN[C@H](CC1CCCCC1CCc1nn[nH]n1)C(=O)O. The van der Waals surface area contributed by atoms with Crippen LogP contribution in [0.1, 0.15) is 44.3 Å². The number of aromatic amines is 1. The van der Waals surface area contributed by atoms with Gasteiger partial charge in [-0.15, -0.1) is 10.2 Å². The summed E-state index contributed by atoms with van der Waals surface area (Å²) in [5, 5.41) is 26.1. The third kappa shape index (κ3) is 4.00. The molecule has 3 atom stereocenters. The molecule has 0 spiro atoms. The second-order valence-electron chi connectivity index (χ2n) is 5.59. The number of tetrazole rings is 1. The van der Waals surface area contributed by atoms with Crippen molar-refractivity contribution in [3.63, 3.8) is 0 Å². The Morgan fingerprint density at radius 1 is 1.45 bits per heavy atom. The number of rotatable bonds is 7. The minimum atomic E-state index is -0.755. The number of aromatic nitrogens is 4. The quantitative estimate of drug-likeness (QED) is 0.689. The van der Waals surface area contributed by atoms with E-state index in [0.29, 0.717) is 18.3 Å². The highest BCUT2D eigenvalue weighted by Gasteiger charge is 2.29. The van der Waals surface area contributed by atoms with Crippen molar-refractivity contribution in [3.8, 4) is 0 Å². The Morgan fingerprint density at radius 3 is 2.80 bits per heavy atom.